The predicted molar refractivity (Wildman–Crippen MR) is 92.2 cm³/mol. The number of amidine groups is 1. The van der Waals surface area contributed by atoms with Crippen LogP contribution in [-0.2, 0) is 4.79 Å². The monoisotopic (exact) mass is 323 g/mol. The third kappa shape index (κ3) is 5.63. The van der Waals surface area contributed by atoms with Gasteiger partial charge in [-0.05, 0) is 17.9 Å². The molecule has 1 amide bonds. The van der Waals surface area contributed by atoms with E-state index >= 15 is 0 Å². The van der Waals surface area contributed by atoms with Gasteiger partial charge in [0.05, 0.1) is 11.5 Å². The van der Waals surface area contributed by atoms with Crippen LogP contribution in [0.2, 0.25) is 0 Å². The van der Waals surface area contributed by atoms with Gasteiger partial charge in [0.25, 0.3) is 0 Å². The van der Waals surface area contributed by atoms with Crippen molar-refractivity contribution in [1.29, 1.82) is 0 Å². The van der Waals surface area contributed by atoms with Gasteiger partial charge in [0, 0.05) is 4.88 Å². The Morgan fingerprint density at radius 3 is 2.95 bits per heavy atom. The second-order valence-electron chi connectivity index (χ2n) is 4.96. The molecule has 1 saturated heterocycles. The highest BCUT2D eigenvalue weighted by atomic mass is 32.2. The largest absolute Gasteiger partial charge is 0.303 e. The number of thiophene rings is 1. The minimum atomic E-state index is 0.00214. The van der Waals surface area contributed by atoms with Crippen molar-refractivity contribution in [2.45, 2.75) is 50.7 Å². The van der Waals surface area contributed by atoms with Crippen molar-refractivity contribution in [2.75, 3.05) is 0 Å². The first-order valence-corrected chi connectivity index (χ1v) is 9.17. The molecule has 0 aromatic carbocycles. The summed E-state index contributed by atoms with van der Waals surface area (Å²) < 4.78 is 0. The van der Waals surface area contributed by atoms with Crippen LogP contribution in [0.4, 0.5) is 0 Å². The van der Waals surface area contributed by atoms with Gasteiger partial charge in [0.2, 0.25) is 5.91 Å². The first-order valence-electron chi connectivity index (χ1n) is 7.41. The fraction of sp³-hybridized carbons (Fsp3) is 0.533. The summed E-state index contributed by atoms with van der Waals surface area (Å²) in [6.45, 7) is 2.21. The molecule has 0 saturated carbocycles. The number of hydrogen-bond donors (Lipinski definition) is 1. The van der Waals surface area contributed by atoms with Gasteiger partial charge in [0.1, 0.15) is 0 Å². The zero-order valence-electron chi connectivity index (χ0n) is 12.2. The number of thioether (sulfide) groups is 1. The van der Waals surface area contributed by atoms with E-state index < -0.39 is 0 Å². The molecule has 1 fully saturated rings. The molecule has 6 heteroatoms. The van der Waals surface area contributed by atoms with E-state index in [1.807, 2.05) is 17.5 Å². The molecule has 1 aliphatic heterocycles. The Morgan fingerprint density at radius 2 is 2.19 bits per heavy atom. The smallest absolute Gasteiger partial charge is 0.239 e. The highest BCUT2D eigenvalue weighted by molar-refractivity contribution is 8.15. The number of nitrogens with zero attached hydrogens (tertiary/aromatic N) is 2. The molecular formula is C15H21N3OS2. The third-order valence-corrected chi connectivity index (χ3v) is 5.17. The summed E-state index contributed by atoms with van der Waals surface area (Å²) in [5, 5.41) is 13.5. The number of unbranched alkanes of at least 4 members (excludes halogenated alkanes) is 4. The second-order valence-corrected chi connectivity index (χ2v) is 7.13. The van der Waals surface area contributed by atoms with E-state index in [-0.39, 0.29) is 11.2 Å². The predicted octanol–water partition coefficient (Wildman–Crippen LogP) is 4.03. The molecule has 1 N–H and O–H groups in total. The molecule has 21 heavy (non-hydrogen) atoms. The number of hydrogen-bond acceptors (Lipinski definition) is 5. The number of nitrogens with one attached hydrogen (secondary N) is 1. The molecule has 1 atom stereocenters. The molecule has 114 valence electrons. The average Bonchev–Trinajstić information content (AvgIpc) is 3.09. The van der Waals surface area contributed by atoms with Crippen molar-refractivity contribution in [3.8, 4) is 0 Å². The van der Waals surface area contributed by atoms with Gasteiger partial charge in [-0.2, -0.15) is 5.10 Å². The topological polar surface area (TPSA) is 53.8 Å². The number of amides is 1. The van der Waals surface area contributed by atoms with Crippen molar-refractivity contribution in [3.63, 3.8) is 0 Å². The van der Waals surface area contributed by atoms with E-state index in [1.54, 1.807) is 17.6 Å². The van der Waals surface area contributed by atoms with Crippen LogP contribution in [0.1, 0.15) is 50.3 Å². The van der Waals surface area contributed by atoms with Gasteiger partial charge < -0.3 is 5.32 Å². The molecule has 2 heterocycles. The normalized spacial score (nSPS) is 20.5. The molecule has 4 nitrogen and oxygen atoms in total. The van der Waals surface area contributed by atoms with Crippen molar-refractivity contribution >= 4 is 40.4 Å². The van der Waals surface area contributed by atoms with E-state index in [2.05, 4.69) is 22.4 Å². The minimum Gasteiger partial charge on any atom is -0.303 e. The maximum absolute atomic E-state index is 11.8. The summed E-state index contributed by atoms with van der Waals surface area (Å²) in [6, 6.07) is 3.95. The zero-order valence-corrected chi connectivity index (χ0v) is 13.9. The van der Waals surface area contributed by atoms with E-state index in [1.165, 1.54) is 37.4 Å². The number of carbonyl (C=O) groups excluding carboxylic acids is 1. The first-order chi connectivity index (χ1) is 10.3. The fourth-order valence-corrected chi connectivity index (χ4v) is 3.63. The van der Waals surface area contributed by atoms with E-state index in [4.69, 9.17) is 0 Å². The van der Waals surface area contributed by atoms with Crippen molar-refractivity contribution < 1.29 is 4.79 Å². The SMILES string of the molecule is CCCCCCC[C@@H]1SC(=NN=Cc2cccs2)NC1=O. The Kier molecular flexibility index (Phi) is 6.95. The number of carbonyl (C=O) groups is 1. The summed E-state index contributed by atoms with van der Waals surface area (Å²) in [6.07, 6.45) is 8.75. The third-order valence-electron chi connectivity index (χ3n) is 3.22. The van der Waals surface area contributed by atoms with Gasteiger partial charge in [0.15, 0.2) is 5.17 Å². The maximum atomic E-state index is 11.8. The average molecular weight is 323 g/mol. The Labute approximate surface area is 134 Å². The summed E-state index contributed by atoms with van der Waals surface area (Å²) >= 11 is 3.11. The lowest BCUT2D eigenvalue weighted by atomic mass is 10.1. The first kappa shape index (κ1) is 16.2. The standard InChI is InChI=1S/C15H21N3OS2/c1-2-3-4-5-6-9-13-14(19)17-15(21-13)18-16-11-12-8-7-10-20-12/h7-8,10-11,13H,2-6,9H2,1H3,(H,17,18,19)/t13-/m0/s1. The second kappa shape index (κ2) is 9.00. The Balaban J connectivity index is 1.74. The molecule has 0 aliphatic carbocycles. The molecule has 0 bridgehead atoms. The molecule has 0 unspecified atom stereocenters. The summed E-state index contributed by atoms with van der Waals surface area (Å²) in [5.41, 5.74) is 0. The number of rotatable bonds is 8. The van der Waals surface area contributed by atoms with Gasteiger partial charge in [-0.1, -0.05) is 56.9 Å². The Morgan fingerprint density at radius 1 is 1.33 bits per heavy atom. The minimum absolute atomic E-state index is 0.00214. The van der Waals surface area contributed by atoms with Crippen LogP contribution >= 0.6 is 23.1 Å². The van der Waals surface area contributed by atoms with Crippen LogP contribution in [0.25, 0.3) is 0 Å². The van der Waals surface area contributed by atoms with E-state index in [0.717, 1.165) is 17.7 Å². The van der Waals surface area contributed by atoms with Crippen LogP contribution in [0.3, 0.4) is 0 Å². The molecule has 0 radical (unpaired) electrons. The lowest BCUT2D eigenvalue weighted by molar-refractivity contribution is -0.118. The fourth-order valence-electron chi connectivity index (χ4n) is 2.08. The van der Waals surface area contributed by atoms with Gasteiger partial charge in [-0.3, -0.25) is 4.79 Å². The quantitative estimate of drug-likeness (QED) is 0.446. The zero-order chi connectivity index (χ0) is 14.9. The summed E-state index contributed by atoms with van der Waals surface area (Å²) in [5.74, 6) is 0.0700. The molecule has 1 aromatic heterocycles. The maximum Gasteiger partial charge on any atom is 0.239 e. The van der Waals surface area contributed by atoms with Crippen molar-refractivity contribution in [1.82, 2.24) is 5.32 Å². The molecule has 2 rings (SSSR count). The molecular weight excluding hydrogens is 302 g/mol. The Hall–Kier alpha value is -1.14. The van der Waals surface area contributed by atoms with Crippen LogP contribution < -0.4 is 5.32 Å². The molecule has 1 aromatic rings. The summed E-state index contributed by atoms with van der Waals surface area (Å²) in [4.78, 5) is 12.9. The highest BCUT2D eigenvalue weighted by Gasteiger charge is 2.29. The molecule has 0 spiro atoms. The van der Waals surface area contributed by atoms with Gasteiger partial charge in [-0.15, -0.1) is 16.4 Å². The summed E-state index contributed by atoms with van der Waals surface area (Å²) in [7, 11) is 0. The van der Waals surface area contributed by atoms with Crippen molar-refractivity contribution in [3.05, 3.63) is 22.4 Å². The lowest BCUT2D eigenvalue weighted by Crippen LogP contribution is -2.24. The van der Waals surface area contributed by atoms with Crippen LogP contribution in [0.5, 0.6) is 0 Å². The van der Waals surface area contributed by atoms with E-state index in [0.29, 0.717) is 5.17 Å². The lowest BCUT2D eigenvalue weighted by Gasteiger charge is -2.04. The van der Waals surface area contributed by atoms with Gasteiger partial charge in [-0.25, -0.2) is 0 Å². The van der Waals surface area contributed by atoms with Crippen LogP contribution in [0, 0.1) is 0 Å². The molecule has 1 aliphatic rings. The van der Waals surface area contributed by atoms with Crippen LogP contribution in [0.15, 0.2) is 27.7 Å². The highest BCUT2D eigenvalue weighted by Crippen LogP contribution is 2.24. The van der Waals surface area contributed by atoms with Crippen LogP contribution in [-0.4, -0.2) is 22.5 Å². The Bertz CT molecular complexity index is 497. The van der Waals surface area contributed by atoms with Gasteiger partial charge >= 0.3 is 0 Å². The van der Waals surface area contributed by atoms with E-state index in [9.17, 15) is 4.79 Å². The van der Waals surface area contributed by atoms with Crippen molar-refractivity contribution in [2.24, 2.45) is 10.2 Å².